The first-order valence-electron chi connectivity index (χ1n) is 9.03. The Hall–Kier alpha value is -1.84. The van der Waals surface area contributed by atoms with Crippen molar-refractivity contribution >= 4 is 29.9 Å². The van der Waals surface area contributed by atoms with E-state index in [1.807, 2.05) is 43.8 Å². The molecule has 0 unspecified atom stereocenters. The van der Waals surface area contributed by atoms with Crippen molar-refractivity contribution in [2.24, 2.45) is 12.0 Å². The molecule has 0 aliphatic rings. The van der Waals surface area contributed by atoms with Crippen LogP contribution in [0.5, 0.6) is 5.75 Å². The van der Waals surface area contributed by atoms with Crippen molar-refractivity contribution in [2.75, 3.05) is 20.7 Å². The van der Waals surface area contributed by atoms with E-state index in [1.54, 1.807) is 7.11 Å². The normalized spacial score (nSPS) is 11.1. The fourth-order valence-corrected chi connectivity index (χ4v) is 2.59. The molecule has 0 amide bonds. The summed E-state index contributed by atoms with van der Waals surface area (Å²) in [6.07, 6.45) is 2.24. The van der Waals surface area contributed by atoms with Gasteiger partial charge in [-0.3, -0.25) is 0 Å². The number of ether oxygens (including phenoxy) is 1. The van der Waals surface area contributed by atoms with Crippen LogP contribution in [0.4, 0.5) is 0 Å². The van der Waals surface area contributed by atoms with Crippen molar-refractivity contribution in [1.29, 1.82) is 0 Å². The summed E-state index contributed by atoms with van der Waals surface area (Å²) in [6, 6.07) is 8.06. The van der Waals surface area contributed by atoms with E-state index in [1.165, 1.54) is 0 Å². The summed E-state index contributed by atoms with van der Waals surface area (Å²) in [5.74, 6) is 3.47. The number of methoxy groups -OCH3 is 1. The largest absolute Gasteiger partial charge is 0.496 e. The molecule has 8 heteroatoms. The molecule has 150 valence electrons. The molecular weight excluding hydrogens is 455 g/mol. The van der Waals surface area contributed by atoms with Crippen LogP contribution in [0.2, 0.25) is 0 Å². The van der Waals surface area contributed by atoms with Crippen LogP contribution in [0.25, 0.3) is 0 Å². The van der Waals surface area contributed by atoms with Crippen LogP contribution >= 0.6 is 24.0 Å². The summed E-state index contributed by atoms with van der Waals surface area (Å²) >= 11 is 0. The zero-order valence-electron chi connectivity index (χ0n) is 16.9. The van der Waals surface area contributed by atoms with E-state index in [-0.39, 0.29) is 24.0 Å². The molecule has 7 nitrogen and oxygen atoms in total. The molecule has 0 aliphatic heterocycles. The topological polar surface area (TPSA) is 67.6 Å². The molecular formula is C19H31IN6O. The summed E-state index contributed by atoms with van der Waals surface area (Å²) in [7, 11) is 5.69. The van der Waals surface area contributed by atoms with Crippen molar-refractivity contribution in [3.8, 4) is 5.75 Å². The molecule has 0 fully saturated rings. The summed E-state index contributed by atoms with van der Waals surface area (Å²) in [6.45, 7) is 6.21. The van der Waals surface area contributed by atoms with Gasteiger partial charge in [0.1, 0.15) is 18.1 Å². The molecule has 1 aromatic carbocycles. The number of hydrogen-bond donors (Lipinski definition) is 1. The minimum atomic E-state index is 0. The Balaban J connectivity index is 0.00000364. The second kappa shape index (κ2) is 11.8. The lowest BCUT2D eigenvalue weighted by Gasteiger charge is -2.23. The lowest BCUT2D eigenvalue weighted by atomic mass is 10.2. The van der Waals surface area contributed by atoms with Crippen LogP contribution in [0.15, 0.2) is 29.3 Å². The van der Waals surface area contributed by atoms with Crippen molar-refractivity contribution < 1.29 is 4.74 Å². The summed E-state index contributed by atoms with van der Waals surface area (Å²) in [5, 5.41) is 11.7. The average Bonchev–Trinajstić information content (AvgIpc) is 2.97. The van der Waals surface area contributed by atoms with Crippen LogP contribution in [-0.4, -0.2) is 46.3 Å². The third-order valence-electron chi connectivity index (χ3n) is 4.33. The van der Waals surface area contributed by atoms with Crippen molar-refractivity contribution in [3.05, 3.63) is 41.5 Å². The molecule has 2 aromatic rings. The van der Waals surface area contributed by atoms with E-state index in [0.717, 1.165) is 48.3 Å². The number of aliphatic imine (C=N–C) groups is 1. The molecule has 0 spiro atoms. The van der Waals surface area contributed by atoms with Crippen molar-refractivity contribution in [3.63, 3.8) is 0 Å². The van der Waals surface area contributed by atoms with Gasteiger partial charge in [0, 0.05) is 32.7 Å². The molecule has 0 atom stereocenters. The van der Waals surface area contributed by atoms with Crippen LogP contribution in [0, 0.1) is 6.92 Å². The highest BCUT2D eigenvalue weighted by atomic mass is 127. The molecule has 1 aromatic heterocycles. The second-order valence-corrected chi connectivity index (χ2v) is 6.31. The molecule has 0 bridgehead atoms. The van der Waals surface area contributed by atoms with Crippen LogP contribution in [-0.2, 0) is 20.1 Å². The fourth-order valence-electron chi connectivity index (χ4n) is 2.59. The highest BCUT2D eigenvalue weighted by Crippen LogP contribution is 2.18. The number of unbranched alkanes of at least 4 members (excludes halogenated alkanes) is 1. The van der Waals surface area contributed by atoms with Crippen molar-refractivity contribution in [1.82, 2.24) is 25.0 Å². The van der Waals surface area contributed by atoms with Gasteiger partial charge in [-0.15, -0.1) is 34.2 Å². The Bertz CT molecular complexity index is 731. The van der Waals surface area contributed by atoms with Crippen LogP contribution in [0.3, 0.4) is 0 Å². The van der Waals surface area contributed by atoms with E-state index in [2.05, 4.69) is 33.4 Å². The predicted octanol–water partition coefficient (Wildman–Crippen LogP) is 3.13. The minimum absolute atomic E-state index is 0. The highest BCUT2D eigenvalue weighted by Gasteiger charge is 2.11. The van der Waals surface area contributed by atoms with Gasteiger partial charge in [-0.2, -0.15) is 0 Å². The summed E-state index contributed by atoms with van der Waals surface area (Å²) in [4.78, 5) is 6.87. The molecule has 0 saturated carbocycles. The van der Waals surface area contributed by atoms with E-state index >= 15 is 0 Å². The number of benzene rings is 1. The Morgan fingerprint density at radius 3 is 2.67 bits per heavy atom. The third-order valence-corrected chi connectivity index (χ3v) is 4.33. The zero-order valence-corrected chi connectivity index (χ0v) is 19.2. The highest BCUT2D eigenvalue weighted by molar-refractivity contribution is 14.0. The number of nitrogens with zero attached hydrogens (tertiary/aromatic N) is 5. The number of aryl methyl sites for hydroxylation is 1. The molecule has 0 saturated heterocycles. The van der Waals surface area contributed by atoms with Crippen molar-refractivity contribution in [2.45, 2.75) is 39.8 Å². The zero-order chi connectivity index (χ0) is 18.9. The number of halogens is 1. The second-order valence-electron chi connectivity index (χ2n) is 6.31. The quantitative estimate of drug-likeness (QED) is 0.269. The fraction of sp³-hybridized carbons (Fsp3) is 0.526. The van der Waals surface area contributed by atoms with Gasteiger partial charge in [-0.1, -0.05) is 31.5 Å². The lowest BCUT2D eigenvalue weighted by molar-refractivity contribution is 0.395. The Morgan fingerprint density at radius 1 is 1.30 bits per heavy atom. The Kier molecular flexibility index (Phi) is 10.1. The summed E-state index contributed by atoms with van der Waals surface area (Å²) in [5.41, 5.74) is 1.12. The maximum absolute atomic E-state index is 5.46. The minimum Gasteiger partial charge on any atom is -0.496 e. The maximum Gasteiger partial charge on any atom is 0.194 e. The number of rotatable bonds is 8. The standard InChI is InChI=1S/C19H30N6O.HI/c1-6-7-12-20-19(21-13-18-23-22-15(2)25(18)4)24(3)14-16-10-8-9-11-17(16)26-5;/h8-11H,6-7,12-14H2,1-5H3,(H,20,21);1H. The first-order chi connectivity index (χ1) is 12.6. The maximum atomic E-state index is 5.46. The van der Waals surface area contributed by atoms with Crippen LogP contribution in [0.1, 0.15) is 37.0 Å². The monoisotopic (exact) mass is 486 g/mol. The Morgan fingerprint density at radius 2 is 2.04 bits per heavy atom. The van der Waals surface area contributed by atoms with Crippen LogP contribution < -0.4 is 10.1 Å². The first kappa shape index (κ1) is 23.2. The van der Waals surface area contributed by atoms with E-state index in [4.69, 9.17) is 9.73 Å². The Labute approximate surface area is 179 Å². The molecule has 0 radical (unpaired) electrons. The SMILES string of the molecule is CCCCNC(=NCc1nnc(C)n1C)N(C)Cc1ccccc1OC.I. The molecule has 2 rings (SSSR count). The van der Waals surface area contributed by atoms with Gasteiger partial charge < -0.3 is 19.5 Å². The third kappa shape index (κ3) is 6.67. The van der Waals surface area contributed by atoms with Gasteiger partial charge in [0.2, 0.25) is 0 Å². The number of hydrogen-bond acceptors (Lipinski definition) is 4. The van der Waals surface area contributed by atoms with E-state index < -0.39 is 0 Å². The number of guanidine groups is 1. The van der Waals surface area contributed by atoms with E-state index in [9.17, 15) is 0 Å². The van der Waals surface area contributed by atoms with Gasteiger partial charge in [0.05, 0.1) is 7.11 Å². The predicted molar refractivity (Wildman–Crippen MR) is 120 cm³/mol. The lowest BCUT2D eigenvalue weighted by Crippen LogP contribution is -2.39. The van der Waals surface area contributed by atoms with Gasteiger partial charge in [-0.25, -0.2) is 4.99 Å². The number of nitrogens with one attached hydrogen (secondary N) is 1. The summed E-state index contributed by atoms with van der Waals surface area (Å²) < 4.78 is 7.43. The molecule has 0 aliphatic carbocycles. The average molecular weight is 486 g/mol. The smallest absolute Gasteiger partial charge is 0.194 e. The molecule has 1 N–H and O–H groups in total. The van der Waals surface area contributed by atoms with Gasteiger partial charge >= 0.3 is 0 Å². The van der Waals surface area contributed by atoms with Gasteiger partial charge in [0.25, 0.3) is 0 Å². The molecule has 1 heterocycles. The van der Waals surface area contributed by atoms with E-state index in [0.29, 0.717) is 13.1 Å². The number of aromatic nitrogens is 3. The van der Waals surface area contributed by atoms with Gasteiger partial charge in [0.15, 0.2) is 11.8 Å². The first-order valence-corrected chi connectivity index (χ1v) is 9.03. The van der Waals surface area contributed by atoms with Gasteiger partial charge in [-0.05, 0) is 19.4 Å². The number of para-hydroxylation sites is 1. The molecule has 27 heavy (non-hydrogen) atoms.